The molecular weight excluding hydrogens is 196 g/mol. The van der Waals surface area contributed by atoms with Crippen molar-refractivity contribution < 1.29 is 19.7 Å². The van der Waals surface area contributed by atoms with E-state index in [9.17, 15) is 4.79 Å². The van der Waals surface area contributed by atoms with E-state index in [1.165, 1.54) is 19.2 Å². The quantitative estimate of drug-likeness (QED) is 0.350. The van der Waals surface area contributed by atoms with Crippen molar-refractivity contribution in [1.29, 1.82) is 0 Å². The van der Waals surface area contributed by atoms with E-state index in [2.05, 4.69) is 21.6 Å². The first kappa shape index (κ1) is 11.2. The van der Waals surface area contributed by atoms with Gasteiger partial charge < -0.3 is 5.11 Å². The zero-order chi connectivity index (χ0) is 11.1. The number of carboxylic acids is 1. The summed E-state index contributed by atoms with van der Waals surface area (Å²) < 4.78 is 0. The topological polar surface area (TPSA) is 55.8 Å². The summed E-state index contributed by atoms with van der Waals surface area (Å²) in [7, 11) is 1.41. The number of hydrogen-bond acceptors (Lipinski definition) is 3. The molecule has 0 heterocycles. The van der Waals surface area contributed by atoms with Crippen LogP contribution in [-0.4, -0.2) is 24.8 Å². The first-order valence-corrected chi connectivity index (χ1v) is 4.22. The molecule has 1 aromatic carbocycles. The molecule has 0 aliphatic rings. The van der Waals surface area contributed by atoms with Crippen LogP contribution in [0.25, 0.3) is 0 Å². The number of hydrogen-bond donors (Lipinski definition) is 1. The fraction of sp³-hybridized carbons (Fsp3) is 0.182. The average Bonchev–Trinajstić information content (AvgIpc) is 2.25. The molecule has 4 heteroatoms. The van der Waals surface area contributed by atoms with Crippen molar-refractivity contribution in [3.05, 3.63) is 35.4 Å². The lowest BCUT2D eigenvalue weighted by Crippen LogP contribution is -1.95. The van der Waals surface area contributed by atoms with Gasteiger partial charge in [0.2, 0.25) is 0 Å². The molecule has 0 aliphatic heterocycles. The molecule has 1 N–H and O–H groups in total. The van der Waals surface area contributed by atoms with E-state index in [0.717, 1.165) is 5.56 Å². The normalized spacial score (nSPS) is 9.13. The fourth-order valence-electron chi connectivity index (χ4n) is 0.923. The van der Waals surface area contributed by atoms with Crippen LogP contribution in [0.4, 0.5) is 0 Å². The SMILES string of the molecule is COOCC#Cc1ccc(C(=O)O)cc1. The molecule has 0 aromatic heterocycles. The van der Waals surface area contributed by atoms with Crippen LogP contribution in [0, 0.1) is 11.8 Å². The van der Waals surface area contributed by atoms with Crippen LogP contribution in [-0.2, 0) is 9.78 Å². The third-order valence-electron chi connectivity index (χ3n) is 1.61. The smallest absolute Gasteiger partial charge is 0.335 e. The van der Waals surface area contributed by atoms with Gasteiger partial charge in [0.25, 0.3) is 0 Å². The van der Waals surface area contributed by atoms with Gasteiger partial charge in [0, 0.05) is 5.56 Å². The highest BCUT2D eigenvalue weighted by atomic mass is 17.2. The van der Waals surface area contributed by atoms with E-state index >= 15 is 0 Å². The van der Waals surface area contributed by atoms with Crippen molar-refractivity contribution >= 4 is 5.97 Å². The van der Waals surface area contributed by atoms with Crippen molar-refractivity contribution in [3.8, 4) is 11.8 Å². The Morgan fingerprint density at radius 3 is 2.60 bits per heavy atom. The molecule has 15 heavy (non-hydrogen) atoms. The lowest BCUT2D eigenvalue weighted by atomic mass is 10.1. The van der Waals surface area contributed by atoms with Crippen molar-refractivity contribution in [3.63, 3.8) is 0 Å². The molecule has 0 amide bonds. The molecule has 0 bridgehead atoms. The standard InChI is InChI=1S/C11H10O4/c1-14-15-8-2-3-9-4-6-10(7-5-9)11(12)13/h4-7H,8H2,1H3,(H,12,13). The largest absolute Gasteiger partial charge is 0.478 e. The molecule has 0 radical (unpaired) electrons. The first-order valence-electron chi connectivity index (χ1n) is 4.22. The maximum Gasteiger partial charge on any atom is 0.335 e. The van der Waals surface area contributed by atoms with Crippen molar-refractivity contribution in [2.24, 2.45) is 0 Å². The van der Waals surface area contributed by atoms with Crippen LogP contribution in [0.3, 0.4) is 0 Å². The molecule has 0 fully saturated rings. The molecule has 0 saturated carbocycles. The van der Waals surface area contributed by atoms with Gasteiger partial charge in [-0.15, -0.1) is 0 Å². The minimum Gasteiger partial charge on any atom is -0.478 e. The maximum atomic E-state index is 10.5. The molecule has 0 saturated heterocycles. The molecule has 4 nitrogen and oxygen atoms in total. The highest BCUT2D eigenvalue weighted by molar-refractivity contribution is 5.87. The van der Waals surface area contributed by atoms with Crippen LogP contribution in [0.15, 0.2) is 24.3 Å². The number of rotatable bonds is 3. The summed E-state index contributed by atoms with van der Waals surface area (Å²) in [6, 6.07) is 6.29. The van der Waals surface area contributed by atoms with Gasteiger partial charge in [-0.05, 0) is 24.3 Å². The third-order valence-corrected chi connectivity index (χ3v) is 1.61. The maximum absolute atomic E-state index is 10.5. The molecule has 1 aromatic rings. The summed E-state index contributed by atoms with van der Waals surface area (Å²) in [5, 5.41) is 8.65. The highest BCUT2D eigenvalue weighted by Gasteiger charge is 1.99. The molecule has 0 unspecified atom stereocenters. The number of benzene rings is 1. The zero-order valence-corrected chi connectivity index (χ0v) is 8.19. The Hall–Kier alpha value is -1.83. The van der Waals surface area contributed by atoms with Crippen LogP contribution in [0.1, 0.15) is 15.9 Å². The van der Waals surface area contributed by atoms with Crippen molar-refractivity contribution in [2.45, 2.75) is 0 Å². The van der Waals surface area contributed by atoms with E-state index in [-0.39, 0.29) is 12.2 Å². The van der Waals surface area contributed by atoms with Gasteiger partial charge in [0.05, 0.1) is 12.7 Å². The van der Waals surface area contributed by atoms with Gasteiger partial charge in [0.1, 0.15) is 6.61 Å². The summed E-state index contributed by atoms with van der Waals surface area (Å²) in [6.45, 7) is 0.178. The fourth-order valence-corrected chi connectivity index (χ4v) is 0.923. The Kier molecular flexibility index (Phi) is 4.35. The van der Waals surface area contributed by atoms with E-state index in [0.29, 0.717) is 0 Å². The predicted molar refractivity (Wildman–Crippen MR) is 53.2 cm³/mol. The molecular formula is C11H10O4. The Balaban J connectivity index is 2.63. The number of carbonyl (C=O) groups is 1. The summed E-state index contributed by atoms with van der Waals surface area (Å²) >= 11 is 0. The second-order valence-electron chi connectivity index (χ2n) is 2.61. The van der Waals surface area contributed by atoms with Crippen LogP contribution < -0.4 is 0 Å². The van der Waals surface area contributed by atoms with E-state index in [4.69, 9.17) is 5.11 Å². The predicted octanol–water partition coefficient (Wildman–Crippen LogP) is 1.31. The van der Waals surface area contributed by atoms with Crippen LogP contribution in [0.5, 0.6) is 0 Å². The molecule has 0 aliphatic carbocycles. The first-order chi connectivity index (χ1) is 7.24. The Morgan fingerprint density at radius 2 is 2.07 bits per heavy atom. The number of carboxylic acid groups (broad SMARTS) is 1. The molecule has 0 atom stereocenters. The van der Waals surface area contributed by atoms with Crippen LogP contribution >= 0.6 is 0 Å². The minimum atomic E-state index is -0.947. The summed E-state index contributed by atoms with van der Waals surface area (Å²) in [5.41, 5.74) is 0.980. The van der Waals surface area contributed by atoms with Crippen molar-refractivity contribution in [1.82, 2.24) is 0 Å². The molecule has 78 valence electrons. The Morgan fingerprint density at radius 1 is 1.40 bits per heavy atom. The van der Waals surface area contributed by atoms with E-state index in [1.807, 2.05) is 0 Å². The van der Waals surface area contributed by atoms with E-state index < -0.39 is 5.97 Å². The lowest BCUT2D eigenvalue weighted by Gasteiger charge is -1.93. The number of aromatic carboxylic acids is 1. The summed E-state index contributed by atoms with van der Waals surface area (Å²) in [4.78, 5) is 19.4. The monoisotopic (exact) mass is 206 g/mol. The molecule has 1 rings (SSSR count). The summed E-state index contributed by atoms with van der Waals surface area (Å²) in [5.74, 6) is 4.56. The van der Waals surface area contributed by atoms with Gasteiger partial charge in [-0.1, -0.05) is 11.8 Å². The third kappa shape index (κ3) is 3.81. The van der Waals surface area contributed by atoms with Crippen molar-refractivity contribution in [2.75, 3.05) is 13.7 Å². The van der Waals surface area contributed by atoms with Gasteiger partial charge in [-0.2, -0.15) is 0 Å². The van der Waals surface area contributed by atoms with Gasteiger partial charge in [0.15, 0.2) is 0 Å². The summed E-state index contributed by atoms with van der Waals surface area (Å²) in [6.07, 6.45) is 0. The highest BCUT2D eigenvalue weighted by Crippen LogP contribution is 2.02. The lowest BCUT2D eigenvalue weighted by molar-refractivity contribution is -0.261. The zero-order valence-electron chi connectivity index (χ0n) is 8.19. The van der Waals surface area contributed by atoms with Gasteiger partial charge >= 0.3 is 5.97 Å². The Labute approximate surface area is 87.4 Å². The van der Waals surface area contributed by atoms with E-state index in [1.54, 1.807) is 12.1 Å². The van der Waals surface area contributed by atoms with Crippen LogP contribution in [0.2, 0.25) is 0 Å². The van der Waals surface area contributed by atoms with Gasteiger partial charge in [-0.3, -0.25) is 0 Å². The molecule has 0 spiro atoms. The second-order valence-corrected chi connectivity index (χ2v) is 2.61. The minimum absolute atomic E-state index is 0.178. The average molecular weight is 206 g/mol. The Bertz CT molecular complexity index is 383. The van der Waals surface area contributed by atoms with Gasteiger partial charge in [-0.25, -0.2) is 14.6 Å². The second kappa shape index (κ2) is 5.81.